The Kier molecular flexibility index (Phi) is 10.1. The first-order valence-corrected chi connectivity index (χ1v) is 18.8. The first kappa shape index (κ1) is 37.2. The number of fused-ring (bicyclic) bond motifs is 1. The average molecular weight is 724 g/mol. The van der Waals surface area contributed by atoms with Crippen LogP contribution in [0.25, 0.3) is 22.2 Å². The number of benzene rings is 5. The SMILES string of the molecule is CC(C)(C)OP(=O)(OC(C)(C)C)C(F)(F)c1ccc(CC(c2ccccc2)(C(O)c2cccc(-c3ccccc3)c2)n2nnc3ccccc32)cc1. The third-order valence-corrected chi connectivity index (χ3v) is 11.2. The zero-order valence-electron chi connectivity index (χ0n) is 30.2. The smallest absolute Gasteiger partial charge is 0.385 e. The summed E-state index contributed by atoms with van der Waals surface area (Å²) in [5.74, 6) is 0. The Morgan fingerprint density at radius 3 is 1.87 bits per heavy atom. The molecule has 0 saturated heterocycles. The molecule has 0 bridgehead atoms. The number of alkyl halides is 2. The molecule has 7 nitrogen and oxygen atoms in total. The third-order valence-electron chi connectivity index (χ3n) is 8.67. The van der Waals surface area contributed by atoms with Crippen molar-refractivity contribution >= 4 is 18.6 Å². The molecule has 6 rings (SSSR count). The average Bonchev–Trinajstić information content (AvgIpc) is 3.54. The van der Waals surface area contributed by atoms with Crippen molar-refractivity contribution in [2.75, 3.05) is 0 Å². The monoisotopic (exact) mass is 723 g/mol. The second-order valence-electron chi connectivity index (χ2n) is 15.0. The van der Waals surface area contributed by atoms with Crippen LogP contribution < -0.4 is 0 Å². The summed E-state index contributed by atoms with van der Waals surface area (Å²) in [6.07, 6.45) is -1.06. The summed E-state index contributed by atoms with van der Waals surface area (Å²) in [6, 6.07) is 40.3. The molecule has 2 unspecified atom stereocenters. The van der Waals surface area contributed by atoms with Crippen molar-refractivity contribution in [1.82, 2.24) is 15.0 Å². The van der Waals surface area contributed by atoms with Gasteiger partial charge in [0.15, 0.2) is 0 Å². The van der Waals surface area contributed by atoms with Gasteiger partial charge in [-0.15, -0.1) is 5.10 Å². The minimum Gasteiger partial charge on any atom is -0.385 e. The number of hydrogen-bond acceptors (Lipinski definition) is 6. The van der Waals surface area contributed by atoms with Crippen LogP contribution in [0.1, 0.15) is 69.9 Å². The molecule has 0 spiro atoms. The van der Waals surface area contributed by atoms with Crippen molar-refractivity contribution < 1.29 is 27.5 Å². The fourth-order valence-electron chi connectivity index (χ4n) is 6.50. The molecule has 0 aliphatic heterocycles. The maximum absolute atomic E-state index is 16.3. The largest absolute Gasteiger partial charge is 0.405 e. The molecule has 1 aromatic heterocycles. The summed E-state index contributed by atoms with van der Waals surface area (Å²) in [7, 11) is -5.04. The topological polar surface area (TPSA) is 86.5 Å². The van der Waals surface area contributed by atoms with Gasteiger partial charge in [-0.2, -0.15) is 8.78 Å². The van der Waals surface area contributed by atoms with Crippen LogP contribution in [-0.2, 0) is 31.2 Å². The molecule has 1 heterocycles. The Balaban J connectivity index is 1.50. The number of para-hydroxylation sites is 1. The van der Waals surface area contributed by atoms with Gasteiger partial charge in [-0.25, -0.2) is 4.68 Å². The van der Waals surface area contributed by atoms with Crippen LogP contribution in [0.3, 0.4) is 0 Å². The zero-order chi connectivity index (χ0) is 37.4. The number of nitrogens with zero attached hydrogens (tertiary/aromatic N) is 3. The van der Waals surface area contributed by atoms with Crippen LogP contribution in [-0.4, -0.2) is 31.3 Å². The van der Waals surface area contributed by atoms with E-state index in [2.05, 4.69) is 10.3 Å². The molecule has 0 aliphatic rings. The molecule has 1 N–H and O–H groups in total. The Labute approximate surface area is 303 Å². The molecular formula is C42H44F2N3O4P. The van der Waals surface area contributed by atoms with Crippen LogP contribution in [0, 0.1) is 0 Å². The Morgan fingerprint density at radius 1 is 0.692 bits per heavy atom. The standard InChI is InChI=1S/C42H44F2N3O4P/c1-39(2,3)50-52(49,51-40(4,5)6)42(43,44)35-26-24-30(25-27-35)29-41(34-20-11-8-12-21-34,47-37-23-14-13-22-36(37)45-46-47)38(48)33-19-15-18-32(28-33)31-16-9-7-10-17-31/h7-28,38,48H,29H2,1-6H3. The van der Waals surface area contributed by atoms with E-state index in [9.17, 15) is 9.67 Å². The number of rotatable bonds is 11. The Hall–Kier alpha value is -4.53. The lowest BCUT2D eigenvalue weighted by molar-refractivity contribution is -0.0213. The molecule has 0 radical (unpaired) electrons. The molecule has 0 amide bonds. The molecule has 0 aliphatic carbocycles. The van der Waals surface area contributed by atoms with E-state index in [1.165, 1.54) is 12.1 Å². The highest BCUT2D eigenvalue weighted by atomic mass is 31.2. The lowest BCUT2D eigenvalue weighted by Gasteiger charge is -2.40. The summed E-state index contributed by atoms with van der Waals surface area (Å²) in [5.41, 5.74) is -2.91. The molecule has 10 heteroatoms. The minimum absolute atomic E-state index is 0.127. The highest BCUT2D eigenvalue weighted by molar-refractivity contribution is 7.54. The minimum atomic E-state index is -5.04. The fourth-order valence-corrected chi connectivity index (χ4v) is 8.68. The predicted octanol–water partition coefficient (Wildman–Crippen LogP) is 10.7. The first-order chi connectivity index (χ1) is 24.5. The first-order valence-electron chi connectivity index (χ1n) is 17.2. The molecule has 0 saturated carbocycles. The summed E-state index contributed by atoms with van der Waals surface area (Å²) in [6.45, 7) is 9.35. The van der Waals surface area contributed by atoms with Crippen LogP contribution in [0.2, 0.25) is 0 Å². The maximum Gasteiger partial charge on any atom is 0.405 e. The molecular weight excluding hydrogens is 679 g/mol. The summed E-state index contributed by atoms with van der Waals surface area (Å²) in [5, 5.41) is 21.9. The van der Waals surface area contributed by atoms with Gasteiger partial charge >= 0.3 is 13.3 Å². The number of aliphatic hydroxyl groups excluding tert-OH is 1. The zero-order valence-corrected chi connectivity index (χ0v) is 31.1. The van der Waals surface area contributed by atoms with Gasteiger partial charge < -0.3 is 5.11 Å². The number of halogens is 2. The molecule has 52 heavy (non-hydrogen) atoms. The Bertz CT molecular complexity index is 2160. The number of aromatic nitrogens is 3. The van der Waals surface area contributed by atoms with Crippen molar-refractivity contribution in [1.29, 1.82) is 0 Å². The van der Waals surface area contributed by atoms with Crippen LogP contribution in [0.15, 0.2) is 133 Å². The van der Waals surface area contributed by atoms with Crippen LogP contribution >= 0.6 is 7.60 Å². The van der Waals surface area contributed by atoms with Gasteiger partial charge in [0.2, 0.25) is 0 Å². The van der Waals surface area contributed by atoms with Gasteiger partial charge in [0.1, 0.15) is 17.2 Å². The summed E-state index contributed by atoms with van der Waals surface area (Å²) in [4.78, 5) is 0. The lowest BCUT2D eigenvalue weighted by Crippen LogP contribution is -2.44. The molecule has 2 atom stereocenters. The van der Waals surface area contributed by atoms with E-state index in [1.54, 1.807) is 58.4 Å². The van der Waals surface area contributed by atoms with E-state index in [0.717, 1.165) is 16.7 Å². The maximum atomic E-state index is 16.3. The van der Waals surface area contributed by atoms with E-state index < -0.39 is 41.7 Å². The van der Waals surface area contributed by atoms with E-state index in [-0.39, 0.29) is 6.42 Å². The third kappa shape index (κ3) is 7.50. The van der Waals surface area contributed by atoms with Gasteiger partial charge in [-0.05, 0) is 87.6 Å². The quantitative estimate of drug-likeness (QED) is 0.134. The fraction of sp³-hybridized carbons (Fsp3) is 0.286. The highest BCUT2D eigenvalue weighted by Gasteiger charge is 2.58. The van der Waals surface area contributed by atoms with Gasteiger partial charge in [-0.3, -0.25) is 13.6 Å². The summed E-state index contributed by atoms with van der Waals surface area (Å²) >= 11 is 0. The van der Waals surface area contributed by atoms with Crippen molar-refractivity contribution in [3.05, 3.63) is 156 Å². The molecule has 6 aromatic rings. The second kappa shape index (κ2) is 14.1. The van der Waals surface area contributed by atoms with Crippen molar-refractivity contribution in [3.63, 3.8) is 0 Å². The van der Waals surface area contributed by atoms with Crippen LogP contribution in [0.5, 0.6) is 0 Å². The second-order valence-corrected chi connectivity index (χ2v) is 16.9. The highest BCUT2D eigenvalue weighted by Crippen LogP contribution is 2.70. The molecule has 0 fully saturated rings. The van der Waals surface area contributed by atoms with Gasteiger partial charge in [0.05, 0.1) is 16.7 Å². The predicted molar refractivity (Wildman–Crippen MR) is 201 cm³/mol. The van der Waals surface area contributed by atoms with Gasteiger partial charge in [0, 0.05) is 12.0 Å². The van der Waals surface area contributed by atoms with Crippen molar-refractivity contribution in [2.24, 2.45) is 0 Å². The van der Waals surface area contributed by atoms with Crippen molar-refractivity contribution in [3.8, 4) is 11.1 Å². The number of hydrogen-bond donors (Lipinski definition) is 1. The molecule has 270 valence electrons. The van der Waals surface area contributed by atoms with Crippen molar-refractivity contribution in [2.45, 2.75) is 76.5 Å². The van der Waals surface area contributed by atoms with Crippen LogP contribution in [0.4, 0.5) is 8.78 Å². The van der Waals surface area contributed by atoms with E-state index in [0.29, 0.717) is 22.2 Å². The van der Waals surface area contributed by atoms with E-state index >= 15 is 8.78 Å². The normalized spacial score (nSPS) is 14.6. The Morgan fingerprint density at radius 2 is 1.25 bits per heavy atom. The van der Waals surface area contributed by atoms with Gasteiger partial charge in [-0.1, -0.05) is 120 Å². The van der Waals surface area contributed by atoms with Gasteiger partial charge in [0.25, 0.3) is 0 Å². The number of aliphatic hydroxyl groups is 1. The van der Waals surface area contributed by atoms with E-state index in [1.807, 2.05) is 109 Å². The van der Waals surface area contributed by atoms with E-state index in [4.69, 9.17) is 9.05 Å². The summed E-state index contributed by atoms with van der Waals surface area (Å²) < 4.78 is 59.5. The lowest BCUT2D eigenvalue weighted by atomic mass is 9.76. The molecule has 5 aromatic carbocycles.